The lowest BCUT2D eigenvalue weighted by molar-refractivity contribution is -0.386. The first kappa shape index (κ1) is 24.7. The van der Waals surface area contributed by atoms with E-state index in [4.69, 9.17) is 32.7 Å². The number of ether oxygens (including phenoxy) is 2. The Hall–Kier alpha value is -3.95. The van der Waals surface area contributed by atoms with Crippen molar-refractivity contribution >= 4 is 47.0 Å². The van der Waals surface area contributed by atoms with Crippen molar-refractivity contribution in [3.63, 3.8) is 0 Å². The molecule has 11 heteroatoms. The van der Waals surface area contributed by atoms with Gasteiger partial charge in [0.2, 0.25) is 0 Å². The Morgan fingerprint density at radius 2 is 1.85 bits per heavy atom. The standard InChI is InChI=1S/C23H17Cl2N3O6/c1-14(33-21-8-3-2-7-20(21)28(31)32)22(29)27-26-13-15-5-4-6-17(11-15)34-23(30)18-10-9-16(24)12-19(18)25/h2-14H,1H3,(H,27,29)/b26-13-/t14-/m1/s1. The quantitative estimate of drug-likeness (QED) is 0.152. The zero-order valence-electron chi connectivity index (χ0n) is 17.6. The van der Waals surface area contributed by atoms with Crippen LogP contribution in [0.3, 0.4) is 0 Å². The van der Waals surface area contributed by atoms with Gasteiger partial charge in [-0.1, -0.05) is 47.5 Å². The fourth-order valence-corrected chi connectivity index (χ4v) is 3.17. The Balaban J connectivity index is 1.60. The van der Waals surface area contributed by atoms with Gasteiger partial charge in [0, 0.05) is 11.1 Å². The Bertz CT molecular complexity index is 1260. The predicted octanol–water partition coefficient (Wildman–Crippen LogP) is 5.04. The molecule has 0 spiro atoms. The van der Waals surface area contributed by atoms with Crippen molar-refractivity contribution in [2.75, 3.05) is 0 Å². The van der Waals surface area contributed by atoms with Gasteiger partial charge < -0.3 is 9.47 Å². The number of hydrogen-bond donors (Lipinski definition) is 1. The average molecular weight is 502 g/mol. The second-order valence-corrected chi connectivity index (χ2v) is 7.65. The maximum Gasteiger partial charge on any atom is 0.345 e. The van der Waals surface area contributed by atoms with Gasteiger partial charge in [-0.25, -0.2) is 10.2 Å². The summed E-state index contributed by atoms with van der Waals surface area (Å²) in [6.07, 6.45) is 0.289. The van der Waals surface area contributed by atoms with Gasteiger partial charge in [0.1, 0.15) is 5.75 Å². The van der Waals surface area contributed by atoms with Crippen LogP contribution in [0.1, 0.15) is 22.8 Å². The summed E-state index contributed by atoms with van der Waals surface area (Å²) in [5.74, 6) is -1.08. The first-order valence-electron chi connectivity index (χ1n) is 9.75. The number of para-hydroxylation sites is 2. The molecule has 9 nitrogen and oxygen atoms in total. The fraction of sp³-hybridized carbons (Fsp3) is 0.0870. The number of nitro benzene ring substituents is 1. The highest BCUT2D eigenvalue weighted by molar-refractivity contribution is 6.36. The van der Waals surface area contributed by atoms with Gasteiger partial charge in [0.05, 0.1) is 21.7 Å². The Kier molecular flexibility index (Phi) is 8.18. The van der Waals surface area contributed by atoms with E-state index in [2.05, 4.69) is 10.5 Å². The number of hydrazone groups is 1. The zero-order chi connectivity index (χ0) is 24.7. The number of nitrogens with one attached hydrogen (secondary N) is 1. The molecule has 174 valence electrons. The summed E-state index contributed by atoms with van der Waals surface area (Å²) in [7, 11) is 0. The molecule has 34 heavy (non-hydrogen) atoms. The van der Waals surface area contributed by atoms with Crippen molar-refractivity contribution in [3.05, 3.63) is 98.0 Å². The second-order valence-electron chi connectivity index (χ2n) is 6.81. The molecule has 0 radical (unpaired) electrons. The van der Waals surface area contributed by atoms with Crippen LogP contribution in [0.15, 0.2) is 71.8 Å². The molecule has 0 saturated heterocycles. The number of carbonyl (C=O) groups excluding carboxylic acids is 2. The minimum Gasteiger partial charge on any atom is -0.474 e. The number of amides is 1. The van der Waals surface area contributed by atoms with E-state index in [0.717, 1.165) is 0 Å². The van der Waals surface area contributed by atoms with Crippen LogP contribution in [0.25, 0.3) is 0 Å². The number of nitrogens with zero attached hydrogens (tertiary/aromatic N) is 2. The van der Waals surface area contributed by atoms with Crippen LogP contribution >= 0.6 is 23.2 Å². The molecule has 0 fully saturated rings. The summed E-state index contributed by atoms with van der Waals surface area (Å²) in [6.45, 7) is 1.43. The molecular weight excluding hydrogens is 485 g/mol. The number of nitro groups is 1. The normalized spacial score (nSPS) is 11.6. The molecule has 0 heterocycles. The number of carbonyl (C=O) groups is 2. The monoisotopic (exact) mass is 501 g/mol. The Morgan fingerprint density at radius 3 is 2.59 bits per heavy atom. The van der Waals surface area contributed by atoms with Gasteiger partial charge >= 0.3 is 11.7 Å². The molecule has 0 bridgehead atoms. The summed E-state index contributed by atoms with van der Waals surface area (Å²) in [5.41, 5.74) is 2.73. The summed E-state index contributed by atoms with van der Waals surface area (Å²) >= 11 is 11.9. The lowest BCUT2D eigenvalue weighted by Gasteiger charge is -2.12. The molecule has 3 aromatic carbocycles. The number of halogens is 2. The third-order valence-corrected chi connectivity index (χ3v) is 4.89. The molecule has 1 atom stereocenters. The molecule has 3 aromatic rings. The molecular formula is C23H17Cl2N3O6. The second kappa shape index (κ2) is 11.3. The van der Waals surface area contributed by atoms with Crippen molar-refractivity contribution in [2.24, 2.45) is 5.10 Å². The van der Waals surface area contributed by atoms with Crippen LogP contribution in [0.2, 0.25) is 10.0 Å². The third kappa shape index (κ3) is 6.53. The van der Waals surface area contributed by atoms with Crippen molar-refractivity contribution < 1.29 is 24.0 Å². The van der Waals surface area contributed by atoms with Crippen LogP contribution in [-0.2, 0) is 4.79 Å². The van der Waals surface area contributed by atoms with Gasteiger partial charge in [-0.05, 0) is 48.9 Å². The van der Waals surface area contributed by atoms with Crippen molar-refractivity contribution in [2.45, 2.75) is 13.0 Å². The molecule has 3 rings (SSSR count). The SMILES string of the molecule is C[C@@H](Oc1ccccc1[N+](=O)[O-])C(=O)N/N=C\c1cccc(OC(=O)c2ccc(Cl)cc2Cl)c1. The molecule has 1 N–H and O–H groups in total. The number of rotatable bonds is 8. The highest BCUT2D eigenvalue weighted by atomic mass is 35.5. The number of benzene rings is 3. The van der Waals surface area contributed by atoms with Crippen molar-refractivity contribution in [3.8, 4) is 11.5 Å². The highest BCUT2D eigenvalue weighted by Gasteiger charge is 2.20. The van der Waals surface area contributed by atoms with Crippen LogP contribution in [0.5, 0.6) is 11.5 Å². The van der Waals surface area contributed by atoms with Crippen molar-refractivity contribution in [1.29, 1.82) is 0 Å². The third-order valence-electron chi connectivity index (χ3n) is 4.34. The van der Waals surface area contributed by atoms with E-state index in [-0.39, 0.29) is 27.8 Å². The minimum absolute atomic E-state index is 0.0329. The predicted molar refractivity (Wildman–Crippen MR) is 127 cm³/mol. The average Bonchev–Trinajstić information content (AvgIpc) is 2.79. The minimum atomic E-state index is -1.05. The number of hydrogen-bond acceptors (Lipinski definition) is 7. The largest absolute Gasteiger partial charge is 0.474 e. The molecule has 0 unspecified atom stereocenters. The molecule has 0 aromatic heterocycles. The first-order chi connectivity index (χ1) is 16.2. The lowest BCUT2D eigenvalue weighted by atomic mass is 10.2. The Labute approximate surface area is 204 Å². The van der Waals surface area contributed by atoms with Crippen LogP contribution in [-0.4, -0.2) is 29.1 Å². The molecule has 0 aliphatic rings. The first-order valence-corrected chi connectivity index (χ1v) is 10.5. The highest BCUT2D eigenvalue weighted by Crippen LogP contribution is 2.27. The van der Waals surface area contributed by atoms with Crippen LogP contribution in [0, 0.1) is 10.1 Å². The molecule has 1 amide bonds. The van der Waals surface area contributed by atoms with Gasteiger partial charge in [-0.3, -0.25) is 14.9 Å². The van der Waals surface area contributed by atoms with Crippen molar-refractivity contribution in [1.82, 2.24) is 5.43 Å². The smallest absolute Gasteiger partial charge is 0.345 e. The summed E-state index contributed by atoms with van der Waals surface area (Å²) in [6, 6.07) is 16.6. The van der Waals surface area contributed by atoms with Crippen LogP contribution < -0.4 is 14.9 Å². The summed E-state index contributed by atoms with van der Waals surface area (Å²) in [4.78, 5) is 35.1. The van der Waals surface area contributed by atoms with Gasteiger partial charge in [0.25, 0.3) is 5.91 Å². The summed E-state index contributed by atoms with van der Waals surface area (Å²) < 4.78 is 10.7. The zero-order valence-corrected chi connectivity index (χ0v) is 19.1. The van der Waals surface area contributed by atoms with Gasteiger partial charge in [0.15, 0.2) is 11.9 Å². The van der Waals surface area contributed by atoms with Crippen LogP contribution in [0.4, 0.5) is 5.69 Å². The van der Waals surface area contributed by atoms with E-state index in [1.165, 1.54) is 55.6 Å². The molecule has 0 aliphatic carbocycles. The lowest BCUT2D eigenvalue weighted by Crippen LogP contribution is -2.33. The molecule has 0 saturated carbocycles. The maximum absolute atomic E-state index is 12.4. The fourth-order valence-electron chi connectivity index (χ4n) is 2.69. The van der Waals surface area contributed by atoms with E-state index in [9.17, 15) is 19.7 Å². The Morgan fingerprint density at radius 1 is 1.09 bits per heavy atom. The van der Waals surface area contributed by atoms with Gasteiger partial charge in [-0.15, -0.1) is 0 Å². The van der Waals surface area contributed by atoms with Gasteiger partial charge in [-0.2, -0.15) is 5.10 Å². The molecule has 0 aliphatic heterocycles. The van der Waals surface area contributed by atoms with E-state index >= 15 is 0 Å². The van der Waals surface area contributed by atoms with E-state index in [1.54, 1.807) is 24.3 Å². The maximum atomic E-state index is 12.4. The topological polar surface area (TPSA) is 120 Å². The van der Waals surface area contributed by atoms with E-state index in [1.807, 2.05) is 0 Å². The number of esters is 1. The summed E-state index contributed by atoms with van der Waals surface area (Å²) in [5, 5.41) is 15.5. The van der Waals surface area contributed by atoms with E-state index in [0.29, 0.717) is 10.6 Å². The van der Waals surface area contributed by atoms with E-state index < -0.39 is 22.9 Å².